The molecule has 0 aliphatic carbocycles. The van der Waals surface area contributed by atoms with Gasteiger partial charge in [0.2, 0.25) is 0 Å². The Morgan fingerprint density at radius 1 is 0.950 bits per heavy atom. The molecule has 0 fully saturated rings. The first-order valence-corrected chi connectivity index (χ1v) is 7.20. The van der Waals surface area contributed by atoms with Gasteiger partial charge in [0.15, 0.2) is 5.60 Å². The molecule has 0 radical (unpaired) electrons. The second-order valence-electron chi connectivity index (χ2n) is 5.23. The van der Waals surface area contributed by atoms with Crippen molar-refractivity contribution < 1.29 is 4.84 Å². The van der Waals surface area contributed by atoms with E-state index in [-0.39, 0.29) is 0 Å². The standard InChI is InChI=1S/C18H19NO/c1-2-9-17-14-18(20-19-17,15-10-5-3-6-11-15)16-12-7-4-8-13-16/h3-8,10-13H,2,9,14H2,1H3. The first kappa shape index (κ1) is 12.9. The highest BCUT2D eigenvalue weighted by Gasteiger charge is 2.42. The van der Waals surface area contributed by atoms with Crippen molar-refractivity contribution in [3.8, 4) is 0 Å². The molecule has 2 aromatic carbocycles. The first-order valence-electron chi connectivity index (χ1n) is 7.20. The molecule has 2 nitrogen and oxygen atoms in total. The summed E-state index contributed by atoms with van der Waals surface area (Å²) in [7, 11) is 0. The molecule has 0 bridgehead atoms. The highest BCUT2D eigenvalue weighted by molar-refractivity contribution is 5.87. The average Bonchev–Trinajstić information content (AvgIpc) is 2.95. The quantitative estimate of drug-likeness (QED) is 0.797. The van der Waals surface area contributed by atoms with E-state index >= 15 is 0 Å². The topological polar surface area (TPSA) is 21.6 Å². The van der Waals surface area contributed by atoms with Gasteiger partial charge in [-0.05, 0) is 6.42 Å². The Morgan fingerprint density at radius 3 is 2.00 bits per heavy atom. The maximum absolute atomic E-state index is 5.97. The van der Waals surface area contributed by atoms with E-state index in [1.165, 1.54) is 11.1 Å². The summed E-state index contributed by atoms with van der Waals surface area (Å²) in [4.78, 5) is 5.97. The van der Waals surface area contributed by atoms with Crippen LogP contribution in [0.1, 0.15) is 37.3 Å². The lowest BCUT2D eigenvalue weighted by molar-refractivity contribution is 0.0112. The van der Waals surface area contributed by atoms with Gasteiger partial charge in [-0.25, -0.2) is 0 Å². The third-order valence-electron chi connectivity index (χ3n) is 3.80. The van der Waals surface area contributed by atoms with Crippen molar-refractivity contribution in [3.63, 3.8) is 0 Å². The molecule has 20 heavy (non-hydrogen) atoms. The van der Waals surface area contributed by atoms with Gasteiger partial charge in [0.05, 0.1) is 5.71 Å². The Kier molecular flexibility index (Phi) is 3.55. The van der Waals surface area contributed by atoms with E-state index in [2.05, 4.69) is 60.6 Å². The van der Waals surface area contributed by atoms with Gasteiger partial charge in [-0.1, -0.05) is 79.2 Å². The summed E-state index contributed by atoms with van der Waals surface area (Å²) in [6.45, 7) is 2.17. The van der Waals surface area contributed by atoms with Crippen LogP contribution in [-0.4, -0.2) is 5.71 Å². The highest BCUT2D eigenvalue weighted by Crippen LogP contribution is 2.41. The van der Waals surface area contributed by atoms with Crippen LogP contribution < -0.4 is 0 Å². The van der Waals surface area contributed by atoms with Crippen LogP contribution in [-0.2, 0) is 10.4 Å². The normalized spacial score (nSPS) is 16.6. The van der Waals surface area contributed by atoms with Gasteiger partial charge in [0, 0.05) is 17.5 Å². The van der Waals surface area contributed by atoms with E-state index in [4.69, 9.17) is 4.84 Å². The zero-order valence-electron chi connectivity index (χ0n) is 11.8. The predicted octanol–water partition coefficient (Wildman–Crippen LogP) is 4.51. The summed E-state index contributed by atoms with van der Waals surface area (Å²) in [6.07, 6.45) is 2.94. The molecular weight excluding hydrogens is 246 g/mol. The number of rotatable bonds is 4. The second-order valence-corrected chi connectivity index (χ2v) is 5.23. The van der Waals surface area contributed by atoms with Crippen LogP contribution in [0.3, 0.4) is 0 Å². The van der Waals surface area contributed by atoms with Crippen LogP contribution in [0.4, 0.5) is 0 Å². The Morgan fingerprint density at radius 2 is 1.50 bits per heavy atom. The Labute approximate surface area is 120 Å². The van der Waals surface area contributed by atoms with Crippen molar-refractivity contribution in [1.82, 2.24) is 0 Å². The largest absolute Gasteiger partial charge is 0.379 e. The third kappa shape index (κ3) is 2.22. The van der Waals surface area contributed by atoms with E-state index in [9.17, 15) is 0 Å². The molecule has 2 aromatic rings. The van der Waals surface area contributed by atoms with Gasteiger partial charge >= 0.3 is 0 Å². The Balaban J connectivity index is 2.03. The monoisotopic (exact) mass is 265 g/mol. The summed E-state index contributed by atoms with van der Waals surface area (Å²) < 4.78 is 0. The van der Waals surface area contributed by atoms with Crippen LogP contribution in [0.5, 0.6) is 0 Å². The molecule has 1 aliphatic heterocycles. The molecule has 1 aliphatic rings. The fraction of sp³-hybridized carbons (Fsp3) is 0.278. The summed E-state index contributed by atoms with van der Waals surface area (Å²) in [5.41, 5.74) is 3.04. The molecule has 0 unspecified atom stereocenters. The SMILES string of the molecule is CCCC1=NOC(c2ccccc2)(c2ccccc2)C1. The summed E-state index contributed by atoms with van der Waals surface area (Å²) in [5, 5.41) is 4.35. The minimum absolute atomic E-state index is 0.451. The van der Waals surface area contributed by atoms with Gasteiger partial charge < -0.3 is 4.84 Å². The van der Waals surface area contributed by atoms with Gasteiger partial charge in [0.1, 0.15) is 0 Å². The van der Waals surface area contributed by atoms with Gasteiger partial charge in [0.25, 0.3) is 0 Å². The van der Waals surface area contributed by atoms with Crippen molar-refractivity contribution in [2.24, 2.45) is 5.16 Å². The van der Waals surface area contributed by atoms with Crippen molar-refractivity contribution in [2.45, 2.75) is 31.8 Å². The molecule has 102 valence electrons. The van der Waals surface area contributed by atoms with E-state index in [1.54, 1.807) is 0 Å². The molecule has 0 saturated heterocycles. The lowest BCUT2D eigenvalue weighted by atomic mass is 9.82. The molecule has 0 saturated carbocycles. The average molecular weight is 265 g/mol. The number of hydrogen-bond acceptors (Lipinski definition) is 2. The van der Waals surface area contributed by atoms with E-state index < -0.39 is 5.60 Å². The number of nitrogens with zero attached hydrogens (tertiary/aromatic N) is 1. The molecular formula is C18H19NO. The first-order chi connectivity index (χ1) is 9.85. The lowest BCUT2D eigenvalue weighted by Gasteiger charge is -2.27. The lowest BCUT2D eigenvalue weighted by Crippen LogP contribution is -2.27. The molecule has 1 heterocycles. The maximum atomic E-state index is 5.97. The molecule has 0 aromatic heterocycles. The van der Waals surface area contributed by atoms with Crippen LogP contribution in [0.25, 0.3) is 0 Å². The van der Waals surface area contributed by atoms with Crippen molar-refractivity contribution in [3.05, 3.63) is 71.8 Å². The number of oxime groups is 1. The zero-order valence-corrected chi connectivity index (χ0v) is 11.8. The molecule has 2 heteroatoms. The van der Waals surface area contributed by atoms with E-state index in [0.717, 1.165) is 25.0 Å². The minimum Gasteiger partial charge on any atom is -0.379 e. The fourth-order valence-corrected chi connectivity index (χ4v) is 2.81. The van der Waals surface area contributed by atoms with Gasteiger partial charge in [-0.15, -0.1) is 0 Å². The zero-order chi connectivity index (χ0) is 13.8. The van der Waals surface area contributed by atoms with E-state index in [0.29, 0.717) is 0 Å². The van der Waals surface area contributed by atoms with Crippen LogP contribution in [0.2, 0.25) is 0 Å². The predicted molar refractivity (Wildman–Crippen MR) is 81.7 cm³/mol. The molecule has 0 N–H and O–H groups in total. The van der Waals surface area contributed by atoms with Crippen molar-refractivity contribution in [2.75, 3.05) is 0 Å². The van der Waals surface area contributed by atoms with Crippen LogP contribution >= 0.6 is 0 Å². The van der Waals surface area contributed by atoms with Crippen LogP contribution in [0.15, 0.2) is 65.8 Å². The van der Waals surface area contributed by atoms with E-state index in [1.807, 2.05) is 12.1 Å². The summed E-state index contributed by atoms with van der Waals surface area (Å²) in [6, 6.07) is 20.8. The fourth-order valence-electron chi connectivity index (χ4n) is 2.81. The maximum Gasteiger partial charge on any atom is 0.193 e. The van der Waals surface area contributed by atoms with Crippen LogP contribution in [0, 0.1) is 0 Å². The second kappa shape index (κ2) is 5.49. The number of hydrogen-bond donors (Lipinski definition) is 0. The molecule has 0 spiro atoms. The third-order valence-corrected chi connectivity index (χ3v) is 3.80. The molecule has 0 atom stereocenters. The summed E-state index contributed by atoms with van der Waals surface area (Å²) >= 11 is 0. The Hall–Kier alpha value is -2.09. The van der Waals surface area contributed by atoms with Gasteiger partial charge in [-0.2, -0.15) is 0 Å². The Bertz CT molecular complexity index is 550. The highest BCUT2D eigenvalue weighted by atomic mass is 16.7. The van der Waals surface area contributed by atoms with Crippen molar-refractivity contribution >= 4 is 5.71 Å². The molecule has 0 amide bonds. The smallest absolute Gasteiger partial charge is 0.193 e. The summed E-state index contributed by atoms with van der Waals surface area (Å²) in [5.74, 6) is 0. The molecule has 3 rings (SSSR count). The number of benzene rings is 2. The van der Waals surface area contributed by atoms with Gasteiger partial charge in [-0.3, -0.25) is 0 Å². The van der Waals surface area contributed by atoms with Crippen molar-refractivity contribution in [1.29, 1.82) is 0 Å². The minimum atomic E-state index is -0.451.